The van der Waals surface area contributed by atoms with Gasteiger partial charge in [0.2, 0.25) is 11.8 Å². The molecule has 3 aromatic rings. The molecule has 0 saturated heterocycles. The van der Waals surface area contributed by atoms with E-state index in [2.05, 4.69) is 18.4 Å². The monoisotopic (exact) mass is 549 g/mol. The lowest BCUT2D eigenvalue weighted by atomic mass is 10.2. The Hall–Kier alpha value is -3.35. The Balaban J connectivity index is 1.74. The summed E-state index contributed by atoms with van der Waals surface area (Å²) in [6, 6.07) is 21.5. The van der Waals surface area contributed by atoms with Gasteiger partial charge in [0.05, 0.1) is 6.54 Å². The maximum Gasteiger partial charge on any atom is 0.247 e. The molecule has 0 N–H and O–H groups in total. The topological polar surface area (TPSA) is 54.8 Å². The number of ether oxygens (including phenoxy) is 1. The maximum atomic E-state index is 13.7. The number of amides is 2. The molecule has 1 aromatic heterocycles. The second kappa shape index (κ2) is 15.9. The van der Waals surface area contributed by atoms with E-state index < -0.39 is 0 Å². The summed E-state index contributed by atoms with van der Waals surface area (Å²) >= 11 is 6.40. The van der Waals surface area contributed by atoms with Crippen LogP contribution in [0.25, 0.3) is 6.08 Å². The van der Waals surface area contributed by atoms with Crippen LogP contribution in [0.15, 0.2) is 79.0 Å². The highest BCUT2D eigenvalue weighted by Crippen LogP contribution is 2.19. The quantitative estimate of drug-likeness (QED) is 0.169. The number of nitrogens with zero attached hydrogens (tertiary/aromatic N) is 3. The Labute approximate surface area is 237 Å². The minimum atomic E-state index is -0.185. The molecule has 0 unspecified atom stereocenters. The van der Waals surface area contributed by atoms with E-state index in [1.54, 1.807) is 17.1 Å². The summed E-state index contributed by atoms with van der Waals surface area (Å²) in [6.07, 6.45) is 6.01. The molecular weight excluding hydrogens is 510 g/mol. The van der Waals surface area contributed by atoms with Gasteiger partial charge in [-0.25, -0.2) is 0 Å². The summed E-state index contributed by atoms with van der Waals surface area (Å²) in [5, 5.41) is 0.719. The fourth-order valence-corrected chi connectivity index (χ4v) is 4.51. The van der Waals surface area contributed by atoms with Crippen LogP contribution >= 0.6 is 11.6 Å². The van der Waals surface area contributed by atoms with E-state index in [9.17, 15) is 9.59 Å². The van der Waals surface area contributed by atoms with Crippen molar-refractivity contribution in [3.8, 4) is 0 Å². The lowest BCUT2D eigenvalue weighted by Gasteiger charge is -2.29. The van der Waals surface area contributed by atoms with E-state index in [0.717, 1.165) is 21.8 Å². The number of halogens is 1. The largest absolute Gasteiger partial charge is 0.382 e. The minimum Gasteiger partial charge on any atom is -0.382 e. The number of aromatic nitrogens is 1. The molecule has 0 aliphatic carbocycles. The molecule has 1 heterocycles. The number of carbonyl (C=O) groups excluding carboxylic acids is 2. The van der Waals surface area contributed by atoms with Crippen molar-refractivity contribution in [2.75, 3.05) is 32.8 Å². The first-order valence-electron chi connectivity index (χ1n) is 13.6. The molecule has 0 aliphatic rings. The van der Waals surface area contributed by atoms with E-state index in [1.165, 1.54) is 0 Å². The van der Waals surface area contributed by atoms with Crippen LogP contribution < -0.4 is 0 Å². The van der Waals surface area contributed by atoms with E-state index in [1.807, 2.05) is 84.8 Å². The molecule has 0 aliphatic heterocycles. The SMILES string of the molecule is CCOCCCN(CC(=O)N(Cc1cccn1Cc1ccccc1Cl)CC(C)C)C(=O)C=Cc1ccccc1. The molecule has 0 fully saturated rings. The fourth-order valence-electron chi connectivity index (χ4n) is 4.32. The summed E-state index contributed by atoms with van der Waals surface area (Å²) in [5.74, 6) is 0.0170. The molecule has 0 bridgehead atoms. The van der Waals surface area contributed by atoms with Gasteiger partial charge in [0.1, 0.15) is 6.54 Å². The maximum absolute atomic E-state index is 13.7. The average molecular weight is 550 g/mol. The zero-order valence-corrected chi connectivity index (χ0v) is 24.0. The molecule has 0 radical (unpaired) electrons. The van der Waals surface area contributed by atoms with Crippen molar-refractivity contribution in [2.24, 2.45) is 5.92 Å². The predicted molar refractivity (Wildman–Crippen MR) is 158 cm³/mol. The van der Waals surface area contributed by atoms with Crippen LogP contribution in [-0.4, -0.2) is 59.0 Å². The second-order valence-corrected chi connectivity index (χ2v) is 10.3. The molecule has 39 heavy (non-hydrogen) atoms. The summed E-state index contributed by atoms with van der Waals surface area (Å²) < 4.78 is 7.60. The number of carbonyl (C=O) groups is 2. The van der Waals surface area contributed by atoms with Crippen LogP contribution in [0.3, 0.4) is 0 Å². The van der Waals surface area contributed by atoms with Crippen molar-refractivity contribution in [1.29, 1.82) is 0 Å². The molecule has 208 valence electrons. The van der Waals surface area contributed by atoms with Crippen LogP contribution in [0.1, 0.15) is 44.0 Å². The van der Waals surface area contributed by atoms with Crippen molar-refractivity contribution in [1.82, 2.24) is 14.4 Å². The lowest BCUT2D eigenvalue weighted by molar-refractivity contribution is -0.139. The van der Waals surface area contributed by atoms with Crippen molar-refractivity contribution in [3.63, 3.8) is 0 Å². The summed E-state index contributed by atoms with van der Waals surface area (Å²) in [5.41, 5.74) is 2.98. The molecular formula is C32H40ClN3O3. The molecule has 2 aromatic carbocycles. The highest BCUT2D eigenvalue weighted by atomic mass is 35.5. The van der Waals surface area contributed by atoms with Crippen LogP contribution in [0, 0.1) is 5.92 Å². The van der Waals surface area contributed by atoms with E-state index >= 15 is 0 Å². The Bertz CT molecular complexity index is 1210. The van der Waals surface area contributed by atoms with E-state index in [-0.39, 0.29) is 24.3 Å². The van der Waals surface area contributed by atoms with Gasteiger partial charge in [-0.15, -0.1) is 0 Å². The van der Waals surface area contributed by atoms with Crippen molar-refractivity contribution in [2.45, 2.75) is 40.3 Å². The third kappa shape index (κ3) is 10.0. The smallest absolute Gasteiger partial charge is 0.247 e. The number of hydrogen-bond acceptors (Lipinski definition) is 3. The molecule has 0 atom stereocenters. The standard InChI is InChI=1S/C32H40ClN3O3/c1-4-39-21-11-20-35(31(37)18-17-27-12-6-5-7-13-27)25-32(38)36(22-26(2)3)24-29-15-10-19-34(29)23-28-14-8-9-16-30(28)33/h5-10,12-19,26H,4,11,20-25H2,1-3H3. The highest BCUT2D eigenvalue weighted by molar-refractivity contribution is 6.31. The van der Waals surface area contributed by atoms with Crippen LogP contribution in [0.5, 0.6) is 0 Å². The van der Waals surface area contributed by atoms with E-state index in [4.69, 9.17) is 16.3 Å². The third-order valence-electron chi connectivity index (χ3n) is 6.29. The fraction of sp³-hybridized carbons (Fsp3) is 0.375. The van der Waals surface area contributed by atoms with Crippen molar-refractivity contribution in [3.05, 3.63) is 101 Å². The van der Waals surface area contributed by atoms with Crippen molar-refractivity contribution >= 4 is 29.5 Å². The van der Waals surface area contributed by atoms with Gasteiger partial charge in [0.15, 0.2) is 0 Å². The van der Waals surface area contributed by atoms with Gasteiger partial charge in [0.25, 0.3) is 0 Å². The van der Waals surface area contributed by atoms with Gasteiger partial charge in [-0.2, -0.15) is 0 Å². The number of benzene rings is 2. The molecule has 7 heteroatoms. The van der Waals surface area contributed by atoms with Gasteiger partial charge in [-0.1, -0.05) is 74.0 Å². The molecule has 6 nitrogen and oxygen atoms in total. The first-order chi connectivity index (χ1) is 18.9. The van der Waals surface area contributed by atoms with Crippen LogP contribution in [0.2, 0.25) is 5.02 Å². The molecule has 2 amide bonds. The number of hydrogen-bond donors (Lipinski definition) is 0. The zero-order valence-electron chi connectivity index (χ0n) is 23.3. The van der Waals surface area contributed by atoms with Crippen LogP contribution in [0.4, 0.5) is 0 Å². The summed E-state index contributed by atoms with van der Waals surface area (Å²) in [7, 11) is 0. The Morgan fingerprint density at radius 2 is 1.74 bits per heavy atom. The highest BCUT2D eigenvalue weighted by Gasteiger charge is 2.22. The predicted octanol–water partition coefficient (Wildman–Crippen LogP) is 6.14. The van der Waals surface area contributed by atoms with Gasteiger partial charge < -0.3 is 19.1 Å². The van der Waals surface area contributed by atoms with Gasteiger partial charge >= 0.3 is 0 Å². The second-order valence-electron chi connectivity index (χ2n) is 9.94. The minimum absolute atomic E-state index is 0.0159. The first-order valence-corrected chi connectivity index (χ1v) is 14.0. The Morgan fingerprint density at radius 1 is 1.00 bits per heavy atom. The number of rotatable bonds is 15. The molecule has 0 saturated carbocycles. The zero-order chi connectivity index (χ0) is 28.0. The van der Waals surface area contributed by atoms with Crippen LogP contribution in [-0.2, 0) is 27.4 Å². The Kier molecular flexibility index (Phi) is 12.3. The lowest BCUT2D eigenvalue weighted by Crippen LogP contribution is -2.44. The normalized spacial score (nSPS) is 11.3. The Morgan fingerprint density at radius 3 is 2.46 bits per heavy atom. The molecule has 0 spiro atoms. The summed E-state index contributed by atoms with van der Waals surface area (Å²) in [6.45, 7) is 9.43. The average Bonchev–Trinajstić information content (AvgIpc) is 3.36. The molecule has 3 rings (SSSR count). The first kappa shape index (κ1) is 30.2. The van der Waals surface area contributed by atoms with Gasteiger partial charge in [-0.05, 0) is 54.7 Å². The van der Waals surface area contributed by atoms with E-state index in [0.29, 0.717) is 45.8 Å². The third-order valence-corrected chi connectivity index (χ3v) is 6.66. The summed E-state index contributed by atoms with van der Waals surface area (Å²) in [4.78, 5) is 30.3. The van der Waals surface area contributed by atoms with Gasteiger partial charge in [0, 0.05) is 55.8 Å². The van der Waals surface area contributed by atoms with Crippen molar-refractivity contribution < 1.29 is 14.3 Å². The van der Waals surface area contributed by atoms with Gasteiger partial charge in [-0.3, -0.25) is 9.59 Å².